The second kappa shape index (κ2) is 7.09. The minimum absolute atomic E-state index is 0.110. The Bertz CT molecular complexity index is 494. The number of piperidine rings is 1. The number of halogens is 2. The number of benzene rings is 1. The third-order valence-electron chi connectivity index (χ3n) is 3.41. The van der Waals surface area contributed by atoms with E-state index in [0.717, 1.165) is 18.5 Å². The van der Waals surface area contributed by atoms with E-state index in [1.165, 1.54) is 0 Å². The summed E-state index contributed by atoms with van der Waals surface area (Å²) < 4.78 is 4.98. The highest BCUT2D eigenvalue weighted by Gasteiger charge is 2.23. The highest BCUT2D eigenvalue weighted by molar-refractivity contribution is 6.37. The Morgan fingerprint density at radius 1 is 1.38 bits per heavy atom. The molecule has 5 nitrogen and oxygen atoms in total. The highest BCUT2D eigenvalue weighted by Crippen LogP contribution is 2.35. The average molecular weight is 333 g/mol. The number of carbonyl (C=O) groups is 1. The molecule has 0 aliphatic carbocycles. The zero-order chi connectivity index (χ0) is 15.4. The number of carbonyl (C=O) groups excluding carboxylic acids is 1. The van der Waals surface area contributed by atoms with E-state index in [2.05, 4.69) is 5.32 Å². The molecule has 116 valence electrons. The summed E-state index contributed by atoms with van der Waals surface area (Å²) >= 11 is 11.8. The van der Waals surface area contributed by atoms with Gasteiger partial charge < -0.3 is 20.1 Å². The molecule has 1 heterocycles. The van der Waals surface area contributed by atoms with Gasteiger partial charge in [-0.25, -0.2) is 4.79 Å². The molecule has 1 aliphatic heterocycles. The lowest BCUT2D eigenvalue weighted by Crippen LogP contribution is -2.42. The van der Waals surface area contributed by atoms with E-state index in [-0.39, 0.29) is 27.9 Å². The van der Waals surface area contributed by atoms with Crippen molar-refractivity contribution in [1.82, 2.24) is 4.90 Å². The zero-order valence-corrected chi connectivity index (χ0v) is 13.2. The first-order chi connectivity index (χ1) is 10.0. The average Bonchev–Trinajstić information content (AvgIpc) is 2.45. The van der Waals surface area contributed by atoms with Crippen LogP contribution in [0.25, 0.3) is 0 Å². The van der Waals surface area contributed by atoms with Crippen molar-refractivity contribution < 1.29 is 14.6 Å². The van der Waals surface area contributed by atoms with Crippen LogP contribution in [0.15, 0.2) is 12.1 Å². The molecule has 0 spiro atoms. The van der Waals surface area contributed by atoms with Gasteiger partial charge >= 0.3 is 6.09 Å². The van der Waals surface area contributed by atoms with Gasteiger partial charge in [0.15, 0.2) is 5.75 Å². The van der Waals surface area contributed by atoms with Crippen LogP contribution < -0.4 is 5.32 Å². The fraction of sp³-hybridized carbons (Fsp3) is 0.500. The topological polar surface area (TPSA) is 61.8 Å². The van der Waals surface area contributed by atoms with Gasteiger partial charge in [0.25, 0.3) is 0 Å². The van der Waals surface area contributed by atoms with E-state index >= 15 is 0 Å². The van der Waals surface area contributed by atoms with Crippen molar-refractivity contribution in [1.29, 1.82) is 0 Å². The zero-order valence-electron chi connectivity index (χ0n) is 11.7. The van der Waals surface area contributed by atoms with Crippen LogP contribution in [0.3, 0.4) is 0 Å². The van der Waals surface area contributed by atoms with Gasteiger partial charge in [0.2, 0.25) is 0 Å². The number of rotatable bonds is 3. The minimum Gasteiger partial charge on any atom is -0.505 e. The van der Waals surface area contributed by atoms with Crippen LogP contribution in [0.1, 0.15) is 19.8 Å². The largest absolute Gasteiger partial charge is 0.505 e. The van der Waals surface area contributed by atoms with Gasteiger partial charge in [0, 0.05) is 24.8 Å². The predicted molar refractivity (Wildman–Crippen MR) is 83.4 cm³/mol. The van der Waals surface area contributed by atoms with Crippen LogP contribution in [-0.2, 0) is 4.74 Å². The predicted octanol–water partition coefficient (Wildman–Crippen LogP) is 3.73. The quantitative estimate of drug-likeness (QED) is 0.828. The second-order valence-corrected chi connectivity index (χ2v) is 5.71. The molecule has 1 saturated heterocycles. The number of hydrogen-bond acceptors (Lipinski definition) is 4. The second-order valence-electron chi connectivity index (χ2n) is 4.89. The van der Waals surface area contributed by atoms with Crippen molar-refractivity contribution in [3.05, 3.63) is 22.2 Å². The van der Waals surface area contributed by atoms with E-state index in [4.69, 9.17) is 27.9 Å². The third-order valence-corrected chi connectivity index (χ3v) is 3.98. The first-order valence-corrected chi connectivity index (χ1v) is 7.63. The van der Waals surface area contributed by atoms with Gasteiger partial charge in [-0.1, -0.05) is 23.2 Å². The molecular weight excluding hydrogens is 315 g/mol. The molecule has 0 bridgehead atoms. The van der Waals surface area contributed by atoms with E-state index in [1.807, 2.05) is 0 Å². The summed E-state index contributed by atoms with van der Waals surface area (Å²) in [6.07, 6.45) is 1.37. The van der Waals surface area contributed by atoms with E-state index in [9.17, 15) is 9.90 Å². The van der Waals surface area contributed by atoms with Crippen molar-refractivity contribution in [2.75, 3.05) is 25.0 Å². The van der Waals surface area contributed by atoms with Gasteiger partial charge in [-0.05, 0) is 31.9 Å². The molecule has 7 heteroatoms. The molecule has 2 N–H and O–H groups in total. The van der Waals surface area contributed by atoms with Crippen molar-refractivity contribution >= 4 is 35.0 Å². The van der Waals surface area contributed by atoms with Crippen LogP contribution >= 0.6 is 23.2 Å². The summed E-state index contributed by atoms with van der Waals surface area (Å²) in [4.78, 5) is 13.3. The maximum Gasteiger partial charge on any atom is 0.409 e. The van der Waals surface area contributed by atoms with Crippen LogP contribution in [0.4, 0.5) is 10.5 Å². The van der Waals surface area contributed by atoms with E-state index in [1.54, 1.807) is 24.0 Å². The molecule has 1 aromatic rings. The number of nitrogens with zero attached hydrogens (tertiary/aromatic N) is 1. The summed E-state index contributed by atoms with van der Waals surface area (Å²) in [5.41, 5.74) is 0.761. The van der Waals surface area contributed by atoms with Gasteiger partial charge in [-0.3, -0.25) is 0 Å². The first kappa shape index (κ1) is 16.0. The Balaban J connectivity index is 1.90. The van der Waals surface area contributed by atoms with Crippen molar-refractivity contribution in [2.45, 2.75) is 25.8 Å². The van der Waals surface area contributed by atoms with Crippen molar-refractivity contribution in [3.8, 4) is 5.75 Å². The number of phenols is 1. The Morgan fingerprint density at radius 3 is 2.48 bits per heavy atom. The summed E-state index contributed by atoms with van der Waals surface area (Å²) in [6, 6.07) is 3.51. The molecule has 21 heavy (non-hydrogen) atoms. The number of ether oxygens (including phenoxy) is 1. The van der Waals surface area contributed by atoms with Crippen molar-refractivity contribution in [2.24, 2.45) is 0 Å². The van der Waals surface area contributed by atoms with Crippen molar-refractivity contribution in [3.63, 3.8) is 0 Å². The Labute approximate surface area is 133 Å². The molecular formula is C14H18Cl2N2O3. The maximum absolute atomic E-state index is 11.6. The number of phenolic OH excluding ortho intramolecular Hbond substituents is 1. The Morgan fingerprint density at radius 2 is 1.95 bits per heavy atom. The number of amides is 1. The lowest BCUT2D eigenvalue weighted by atomic mass is 10.1. The van der Waals surface area contributed by atoms with Crippen LogP contribution in [-0.4, -0.2) is 41.8 Å². The molecule has 2 rings (SSSR count). The molecule has 0 saturated carbocycles. The SMILES string of the molecule is CCOC(=O)N1CCC(Nc2cc(Cl)c(O)c(Cl)c2)CC1. The summed E-state index contributed by atoms with van der Waals surface area (Å²) in [5, 5.41) is 13.3. The number of likely N-dealkylation sites (tertiary alicyclic amines) is 1. The normalized spacial score (nSPS) is 15.9. The Hall–Kier alpha value is -1.33. The first-order valence-electron chi connectivity index (χ1n) is 6.87. The van der Waals surface area contributed by atoms with E-state index in [0.29, 0.717) is 19.7 Å². The van der Waals surface area contributed by atoms with Crippen LogP contribution in [0.5, 0.6) is 5.75 Å². The summed E-state index contributed by atoms with van der Waals surface area (Å²) in [7, 11) is 0. The monoisotopic (exact) mass is 332 g/mol. The molecule has 0 unspecified atom stereocenters. The van der Waals surface area contributed by atoms with Gasteiger partial charge in [0.05, 0.1) is 16.7 Å². The maximum atomic E-state index is 11.6. The van der Waals surface area contributed by atoms with E-state index < -0.39 is 0 Å². The number of hydrogen-bond donors (Lipinski definition) is 2. The highest BCUT2D eigenvalue weighted by atomic mass is 35.5. The smallest absolute Gasteiger partial charge is 0.409 e. The summed E-state index contributed by atoms with van der Waals surface area (Å²) in [6.45, 7) is 3.48. The van der Waals surface area contributed by atoms with Gasteiger partial charge in [0.1, 0.15) is 0 Å². The summed E-state index contributed by atoms with van der Waals surface area (Å²) in [5.74, 6) is -0.110. The molecule has 0 radical (unpaired) electrons. The Kier molecular flexibility index (Phi) is 5.42. The fourth-order valence-electron chi connectivity index (χ4n) is 2.31. The van der Waals surface area contributed by atoms with Gasteiger partial charge in [-0.15, -0.1) is 0 Å². The minimum atomic E-state index is -0.258. The lowest BCUT2D eigenvalue weighted by Gasteiger charge is -2.32. The number of anilines is 1. The molecule has 1 amide bonds. The fourth-order valence-corrected chi connectivity index (χ4v) is 2.79. The molecule has 0 aromatic heterocycles. The lowest BCUT2D eigenvalue weighted by molar-refractivity contribution is 0.0983. The van der Waals surface area contributed by atoms with Crippen LogP contribution in [0, 0.1) is 0 Å². The van der Waals surface area contributed by atoms with Crippen LogP contribution in [0.2, 0.25) is 10.0 Å². The molecule has 1 fully saturated rings. The molecule has 0 atom stereocenters. The molecule has 1 aromatic carbocycles. The number of aromatic hydroxyl groups is 1. The van der Waals surface area contributed by atoms with Gasteiger partial charge in [-0.2, -0.15) is 0 Å². The standard InChI is InChI=1S/C14H18Cl2N2O3/c1-2-21-14(20)18-5-3-9(4-6-18)17-10-7-11(15)13(19)12(16)8-10/h7-9,17,19H,2-6H2,1H3. The third kappa shape index (κ3) is 4.08. The number of nitrogens with one attached hydrogen (secondary N) is 1. The molecule has 1 aliphatic rings.